The molecule has 4 amide bonds. The lowest BCUT2D eigenvalue weighted by Crippen LogP contribution is -2.59. The summed E-state index contributed by atoms with van der Waals surface area (Å²) in [5.74, 6) is -6.93. The van der Waals surface area contributed by atoms with Gasteiger partial charge in [0.1, 0.15) is 12.1 Å². The van der Waals surface area contributed by atoms with Crippen molar-refractivity contribution in [2.24, 2.45) is 11.5 Å². The van der Waals surface area contributed by atoms with E-state index in [1.807, 2.05) is 0 Å². The van der Waals surface area contributed by atoms with E-state index in [4.69, 9.17) is 16.6 Å². The van der Waals surface area contributed by atoms with E-state index in [9.17, 15) is 39.0 Å². The number of hydrogen-bond acceptors (Lipinski definition) is 8. The van der Waals surface area contributed by atoms with E-state index in [-0.39, 0.29) is 6.42 Å². The van der Waals surface area contributed by atoms with E-state index in [0.29, 0.717) is 5.56 Å². The number of carboxylic acids is 2. The zero-order valence-corrected chi connectivity index (χ0v) is 18.8. The molecule has 0 aliphatic rings. The Hall–Kier alpha value is -4.04. The van der Waals surface area contributed by atoms with Crippen molar-refractivity contribution < 1.29 is 44.1 Å². The molecule has 1 aromatic carbocycles. The van der Waals surface area contributed by atoms with Gasteiger partial charge >= 0.3 is 11.9 Å². The zero-order valence-electron chi connectivity index (χ0n) is 18.8. The Morgan fingerprint density at radius 1 is 0.857 bits per heavy atom. The molecular formula is C21H29N5O9. The highest BCUT2D eigenvalue weighted by Crippen LogP contribution is 2.06. The molecule has 5 unspecified atom stereocenters. The number of amides is 4. The third kappa shape index (κ3) is 10.2. The minimum Gasteiger partial charge on any atom is -0.481 e. The van der Waals surface area contributed by atoms with E-state index in [1.165, 1.54) is 0 Å². The average Bonchev–Trinajstić information content (AvgIpc) is 2.75. The number of nitrogens with two attached hydrogens (primary N) is 2. The van der Waals surface area contributed by atoms with Crippen LogP contribution in [0, 0.1) is 0 Å². The summed E-state index contributed by atoms with van der Waals surface area (Å²) in [4.78, 5) is 71.4. The lowest BCUT2D eigenvalue weighted by Gasteiger charge is -2.25. The summed E-state index contributed by atoms with van der Waals surface area (Å²) in [5, 5.41) is 34.5. The van der Waals surface area contributed by atoms with Crippen LogP contribution in [0.25, 0.3) is 0 Å². The van der Waals surface area contributed by atoms with Crippen LogP contribution in [0.2, 0.25) is 0 Å². The van der Waals surface area contributed by atoms with Gasteiger partial charge in [0, 0.05) is 6.42 Å². The molecule has 14 nitrogen and oxygen atoms in total. The summed E-state index contributed by atoms with van der Waals surface area (Å²) in [7, 11) is 0. The zero-order chi connectivity index (χ0) is 26.7. The van der Waals surface area contributed by atoms with E-state index in [0.717, 1.165) is 6.92 Å². The Morgan fingerprint density at radius 3 is 1.89 bits per heavy atom. The minimum atomic E-state index is -1.68. The van der Waals surface area contributed by atoms with E-state index in [2.05, 4.69) is 16.0 Å². The Bertz CT molecular complexity index is 938. The van der Waals surface area contributed by atoms with Crippen LogP contribution in [-0.2, 0) is 35.2 Å². The van der Waals surface area contributed by atoms with Crippen molar-refractivity contribution in [1.29, 1.82) is 0 Å². The highest BCUT2D eigenvalue weighted by atomic mass is 16.4. The van der Waals surface area contributed by atoms with Crippen LogP contribution in [0.5, 0.6) is 0 Å². The number of aliphatic hydroxyl groups excluding tert-OH is 1. The third-order valence-corrected chi connectivity index (χ3v) is 4.73. The van der Waals surface area contributed by atoms with Crippen molar-refractivity contribution in [2.75, 3.05) is 0 Å². The number of carboxylic acid groups (broad SMARTS) is 2. The van der Waals surface area contributed by atoms with E-state index >= 15 is 0 Å². The third-order valence-electron chi connectivity index (χ3n) is 4.73. The predicted molar refractivity (Wildman–Crippen MR) is 119 cm³/mol. The summed E-state index contributed by atoms with van der Waals surface area (Å²) < 4.78 is 0. The highest BCUT2D eigenvalue weighted by Gasteiger charge is 2.33. The van der Waals surface area contributed by atoms with Gasteiger partial charge in [-0.2, -0.15) is 0 Å². The van der Waals surface area contributed by atoms with Crippen molar-refractivity contribution in [3.05, 3.63) is 35.9 Å². The summed E-state index contributed by atoms with van der Waals surface area (Å²) >= 11 is 0. The number of benzene rings is 1. The molecule has 0 aromatic heterocycles. The molecule has 0 fully saturated rings. The molecule has 35 heavy (non-hydrogen) atoms. The van der Waals surface area contributed by atoms with Gasteiger partial charge in [-0.1, -0.05) is 30.3 Å². The molecule has 1 aromatic rings. The van der Waals surface area contributed by atoms with Crippen LogP contribution in [0.1, 0.15) is 25.3 Å². The first-order chi connectivity index (χ1) is 16.3. The van der Waals surface area contributed by atoms with E-state index < -0.39 is 78.7 Å². The lowest BCUT2D eigenvalue weighted by atomic mass is 10.0. The molecule has 0 saturated heterocycles. The molecule has 5 atom stereocenters. The highest BCUT2D eigenvalue weighted by molar-refractivity contribution is 5.96. The predicted octanol–water partition coefficient (Wildman–Crippen LogP) is -3.17. The fourth-order valence-electron chi connectivity index (χ4n) is 2.95. The number of carbonyl (C=O) groups is 6. The second-order valence-corrected chi connectivity index (χ2v) is 7.75. The Kier molecular flexibility index (Phi) is 11.3. The molecule has 0 heterocycles. The van der Waals surface area contributed by atoms with Crippen LogP contribution >= 0.6 is 0 Å². The van der Waals surface area contributed by atoms with Crippen molar-refractivity contribution in [1.82, 2.24) is 16.0 Å². The number of aliphatic carboxylic acids is 2. The van der Waals surface area contributed by atoms with Gasteiger partial charge in [-0.15, -0.1) is 0 Å². The Balaban J connectivity index is 3.13. The Morgan fingerprint density at radius 2 is 1.40 bits per heavy atom. The van der Waals surface area contributed by atoms with Gasteiger partial charge in [0.25, 0.3) is 0 Å². The quantitative estimate of drug-likeness (QED) is 0.128. The molecule has 0 aliphatic heterocycles. The van der Waals surface area contributed by atoms with Gasteiger partial charge in [0.2, 0.25) is 23.6 Å². The maximum atomic E-state index is 12.9. The van der Waals surface area contributed by atoms with Crippen LogP contribution in [0.4, 0.5) is 0 Å². The molecule has 0 spiro atoms. The summed E-state index contributed by atoms with van der Waals surface area (Å²) in [6.45, 7) is 1.15. The molecule has 0 radical (unpaired) electrons. The van der Waals surface area contributed by atoms with Crippen molar-refractivity contribution in [3.8, 4) is 0 Å². The van der Waals surface area contributed by atoms with Gasteiger partial charge in [0.05, 0.1) is 25.0 Å². The first-order valence-electron chi connectivity index (χ1n) is 10.4. The summed E-state index contributed by atoms with van der Waals surface area (Å²) in [6, 6.07) is 2.09. The Labute approximate surface area is 200 Å². The maximum Gasteiger partial charge on any atom is 0.328 e. The van der Waals surface area contributed by atoms with Crippen molar-refractivity contribution >= 4 is 35.6 Å². The van der Waals surface area contributed by atoms with Gasteiger partial charge in [-0.3, -0.25) is 24.0 Å². The molecular weight excluding hydrogens is 466 g/mol. The minimum absolute atomic E-state index is 0.126. The first-order valence-corrected chi connectivity index (χ1v) is 10.4. The van der Waals surface area contributed by atoms with Crippen LogP contribution < -0.4 is 27.4 Å². The number of rotatable bonds is 14. The van der Waals surface area contributed by atoms with E-state index in [1.54, 1.807) is 30.3 Å². The van der Waals surface area contributed by atoms with Gasteiger partial charge < -0.3 is 42.7 Å². The number of primary amides is 1. The molecule has 0 saturated carbocycles. The van der Waals surface area contributed by atoms with Crippen LogP contribution in [-0.4, -0.2) is 81.2 Å². The smallest absolute Gasteiger partial charge is 0.328 e. The fourth-order valence-corrected chi connectivity index (χ4v) is 2.95. The van der Waals surface area contributed by atoms with Crippen LogP contribution in [0.15, 0.2) is 30.3 Å². The molecule has 0 bridgehead atoms. The SMILES string of the molecule is CC(O)C(NC(=O)C(Cc1ccccc1)NC(=O)C(CC(=O)O)NC(=O)C(N)CC(N)=O)C(=O)O. The standard InChI is InChI=1S/C21H29N5O9/c1-10(27)17(21(34)35)26-20(33)13(7-11-5-3-2-4-6-11)25-19(32)14(9-16(29)30)24-18(31)12(22)8-15(23)28/h2-6,10,12-14,17,27H,7-9,22H2,1H3,(H2,23,28)(H,24,31)(H,25,32)(H,26,33)(H,29,30)(H,34,35). The largest absolute Gasteiger partial charge is 0.481 e. The topological polar surface area (TPSA) is 251 Å². The number of carbonyl (C=O) groups excluding carboxylic acids is 4. The second kappa shape index (κ2) is 13.6. The second-order valence-electron chi connectivity index (χ2n) is 7.75. The normalized spacial score (nSPS) is 14.9. The number of nitrogens with one attached hydrogen (secondary N) is 3. The van der Waals surface area contributed by atoms with Crippen LogP contribution in [0.3, 0.4) is 0 Å². The van der Waals surface area contributed by atoms with Crippen molar-refractivity contribution in [2.45, 2.75) is 56.5 Å². The summed E-state index contributed by atoms with van der Waals surface area (Å²) in [5.41, 5.74) is 11.1. The van der Waals surface area contributed by atoms with Gasteiger partial charge in [-0.25, -0.2) is 4.79 Å². The fraction of sp³-hybridized carbons (Fsp3) is 0.429. The average molecular weight is 495 g/mol. The van der Waals surface area contributed by atoms with Gasteiger partial charge in [-0.05, 0) is 12.5 Å². The number of hydrogen-bond donors (Lipinski definition) is 8. The first kappa shape index (κ1) is 29.0. The van der Waals surface area contributed by atoms with Gasteiger partial charge in [0.15, 0.2) is 6.04 Å². The summed E-state index contributed by atoms with van der Waals surface area (Å²) in [6.07, 6.45) is -3.02. The molecule has 192 valence electrons. The van der Waals surface area contributed by atoms with Crippen molar-refractivity contribution in [3.63, 3.8) is 0 Å². The molecule has 1 rings (SSSR count). The lowest BCUT2D eigenvalue weighted by molar-refractivity contribution is -0.145. The maximum absolute atomic E-state index is 12.9. The molecule has 0 aliphatic carbocycles. The molecule has 14 heteroatoms. The monoisotopic (exact) mass is 495 g/mol. The number of aliphatic hydroxyl groups is 1. The molecule has 10 N–H and O–H groups in total.